The van der Waals surface area contributed by atoms with Gasteiger partial charge < -0.3 is 9.47 Å². The summed E-state index contributed by atoms with van der Waals surface area (Å²) >= 11 is 0. The van der Waals surface area contributed by atoms with E-state index in [1.165, 1.54) is 12.4 Å². The molecule has 2 fully saturated rings. The molecule has 1 aliphatic heterocycles. The zero-order chi connectivity index (χ0) is 23.3. The molecule has 1 aromatic carbocycles. The maximum atomic E-state index is 11.8. The summed E-state index contributed by atoms with van der Waals surface area (Å²) in [4.78, 5) is 4.74. The van der Waals surface area contributed by atoms with Crippen molar-refractivity contribution >= 4 is 20.9 Å². The van der Waals surface area contributed by atoms with Crippen LogP contribution in [0.15, 0.2) is 48.9 Å². The van der Waals surface area contributed by atoms with Gasteiger partial charge in [-0.25, -0.2) is 13.4 Å². The fourth-order valence-corrected chi connectivity index (χ4v) is 4.85. The number of pyridine rings is 1. The van der Waals surface area contributed by atoms with Crippen LogP contribution in [0.4, 0.5) is 0 Å². The largest absolute Gasteiger partial charge is 0.435 e. The lowest BCUT2D eigenvalue weighted by Gasteiger charge is -2.21. The summed E-state index contributed by atoms with van der Waals surface area (Å²) in [5, 5.41) is 9.80. The second-order valence-electron chi connectivity index (χ2n) is 9.00. The molecule has 0 unspecified atom stereocenters. The van der Waals surface area contributed by atoms with Crippen molar-refractivity contribution in [3.8, 4) is 22.8 Å². The van der Waals surface area contributed by atoms with Crippen molar-refractivity contribution in [1.82, 2.24) is 24.0 Å². The van der Waals surface area contributed by atoms with E-state index in [0.29, 0.717) is 23.4 Å². The number of nitrogens with zero attached hydrogens (tertiary/aromatic N) is 5. The van der Waals surface area contributed by atoms with Crippen LogP contribution in [0, 0.1) is 0 Å². The predicted octanol–water partition coefficient (Wildman–Crippen LogP) is 4.12. The molecule has 34 heavy (non-hydrogen) atoms. The topological polar surface area (TPSA) is 101 Å². The van der Waals surface area contributed by atoms with Crippen molar-refractivity contribution in [2.24, 2.45) is 0 Å². The summed E-state index contributed by atoms with van der Waals surface area (Å²) in [5.74, 6) is 1.58. The Morgan fingerprint density at radius 1 is 1.03 bits per heavy atom. The van der Waals surface area contributed by atoms with E-state index in [4.69, 9.17) is 19.6 Å². The molecular weight excluding hydrogens is 454 g/mol. The minimum Gasteiger partial charge on any atom is -0.435 e. The Balaban J connectivity index is 1.32. The van der Waals surface area contributed by atoms with Crippen LogP contribution >= 0.6 is 0 Å². The van der Waals surface area contributed by atoms with E-state index in [-0.39, 0.29) is 0 Å². The second-order valence-corrected chi connectivity index (χ2v) is 10.8. The Labute approximate surface area is 197 Å². The number of ether oxygens (including phenoxy) is 2. The van der Waals surface area contributed by atoms with Crippen LogP contribution in [-0.2, 0) is 14.8 Å². The summed E-state index contributed by atoms with van der Waals surface area (Å²) in [7, 11) is -3.43. The molecule has 4 heterocycles. The minimum absolute atomic E-state index is 0.321. The molecule has 2 aliphatic rings. The molecule has 6 rings (SSSR count). The van der Waals surface area contributed by atoms with Crippen molar-refractivity contribution in [1.29, 1.82) is 0 Å². The monoisotopic (exact) mass is 479 g/mol. The van der Waals surface area contributed by atoms with Gasteiger partial charge in [0.15, 0.2) is 5.75 Å². The number of hydrogen-bond acceptors (Lipinski definition) is 7. The molecule has 0 atom stereocenters. The standard InChI is InChI=1S/C24H25N5O4S/c1-34(30,31)29-14-19(13-25-29)18-3-2-16-4-7-23(26-21(16)12-18)33-22-15-28(20-5-6-20)27-24(22)17-8-10-32-11-9-17/h2-4,7,12-15,17,20H,5-6,8-11H2,1H3. The van der Waals surface area contributed by atoms with Crippen molar-refractivity contribution in [2.75, 3.05) is 19.5 Å². The van der Waals surface area contributed by atoms with E-state index >= 15 is 0 Å². The Morgan fingerprint density at radius 2 is 1.82 bits per heavy atom. The predicted molar refractivity (Wildman–Crippen MR) is 127 cm³/mol. The highest BCUT2D eigenvalue weighted by molar-refractivity contribution is 7.89. The SMILES string of the molecule is CS(=O)(=O)n1cc(-c2ccc3ccc(Oc4cn(C5CC5)nc4C4CCOCC4)nc3c2)cn1. The maximum absolute atomic E-state index is 11.8. The first-order valence-corrected chi connectivity index (χ1v) is 13.3. The molecule has 9 nitrogen and oxygen atoms in total. The van der Waals surface area contributed by atoms with Gasteiger partial charge in [-0.15, -0.1) is 0 Å². The first kappa shape index (κ1) is 21.3. The Bertz CT molecular complexity index is 1470. The number of hydrogen-bond donors (Lipinski definition) is 0. The molecule has 1 saturated heterocycles. The molecule has 1 saturated carbocycles. The first-order chi connectivity index (χ1) is 16.4. The Hall–Kier alpha value is -3.24. The van der Waals surface area contributed by atoms with Crippen LogP contribution in [-0.4, -0.2) is 51.8 Å². The zero-order valence-electron chi connectivity index (χ0n) is 18.8. The van der Waals surface area contributed by atoms with Crippen LogP contribution in [0.1, 0.15) is 43.3 Å². The van der Waals surface area contributed by atoms with Crippen molar-refractivity contribution < 1.29 is 17.9 Å². The fourth-order valence-electron chi connectivity index (χ4n) is 4.33. The van der Waals surface area contributed by atoms with Gasteiger partial charge in [0.1, 0.15) is 5.69 Å². The summed E-state index contributed by atoms with van der Waals surface area (Å²) in [5.41, 5.74) is 3.27. The van der Waals surface area contributed by atoms with E-state index in [1.807, 2.05) is 41.2 Å². The molecule has 0 bridgehead atoms. The molecule has 10 heteroatoms. The average Bonchev–Trinajstić information content (AvgIpc) is 3.39. The number of rotatable bonds is 6. The summed E-state index contributed by atoms with van der Waals surface area (Å²) in [6, 6.07) is 10.1. The summed E-state index contributed by atoms with van der Waals surface area (Å²) < 4.78 is 38.3. The first-order valence-electron chi connectivity index (χ1n) is 11.4. The number of fused-ring (bicyclic) bond motifs is 1. The van der Waals surface area contributed by atoms with E-state index in [0.717, 1.165) is 77.1 Å². The molecule has 0 spiro atoms. The Morgan fingerprint density at radius 3 is 2.56 bits per heavy atom. The van der Waals surface area contributed by atoms with Gasteiger partial charge in [0.2, 0.25) is 5.88 Å². The van der Waals surface area contributed by atoms with Gasteiger partial charge >= 0.3 is 0 Å². The fraction of sp³-hybridized carbons (Fsp3) is 0.375. The molecule has 0 amide bonds. The third-order valence-electron chi connectivity index (χ3n) is 6.37. The highest BCUT2D eigenvalue weighted by Gasteiger charge is 2.30. The van der Waals surface area contributed by atoms with Crippen molar-refractivity contribution in [3.05, 3.63) is 54.6 Å². The van der Waals surface area contributed by atoms with Crippen LogP contribution in [0.25, 0.3) is 22.0 Å². The van der Waals surface area contributed by atoms with Gasteiger partial charge in [-0.05, 0) is 43.4 Å². The highest BCUT2D eigenvalue weighted by atomic mass is 32.2. The van der Waals surface area contributed by atoms with E-state index in [2.05, 4.69) is 5.10 Å². The number of benzene rings is 1. The summed E-state index contributed by atoms with van der Waals surface area (Å²) in [6.07, 6.45) is 10.3. The smallest absolute Gasteiger partial charge is 0.250 e. The minimum atomic E-state index is -3.43. The second kappa shape index (κ2) is 8.21. The lowest BCUT2D eigenvalue weighted by molar-refractivity contribution is 0.0839. The van der Waals surface area contributed by atoms with E-state index < -0.39 is 10.0 Å². The van der Waals surface area contributed by atoms with Crippen LogP contribution in [0.3, 0.4) is 0 Å². The lowest BCUT2D eigenvalue weighted by atomic mass is 9.96. The van der Waals surface area contributed by atoms with Gasteiger partial charge in [0, 0.05) is 36.1 Å². The third kappa shape index (κ3) is 4.19. The quantitative estimate of drug-likeness (QED) is 0.410. The molecule has 0 radical (unpaired) electrons. The molecule has 1 aliphatic carbocycles. The Kier molecular flexibility index (Phi) is 5.14. The molecule has 4 aromatic rings. The van der Waals surface area contributed by atoms with Gasteiger partial charge in [-0.3, -0.25) is 4.68 Å². The zero-order valence-corrected chi connectivity index (χ0v) is 19.6. The maximum Gasteiger partial charge on any atom is 0.250 e. The average molecular weight is 480 g/mol. The van der Waals surface area contributed by atoms with Gasteiger partial charge in [-0.2, -0.15) is 14.3 Å². The van der Waals surface area contributed by atoms with Gasteiger partial charge in [-0.1, -0.05) is 12.1 Å². The number of aromatic nitrogens is 5. The van der Waals surface area contributed by atoms with Crippen LogP contribution in [0.2, 0.25) is 0 Å². The van der Waals surface area contributed by atoms with E-state index in [1.54, 1.807) is 0 Å². The highest BCUT2D eigenvalue weighted by Crippen LogP contribution is 2.40. The molecule has 3 aromatic heterocycles. The summed E-state index contributed by atoms with van der Waals surface area (Å²) in [6.45, 7) is 1.49. The van der Waals surface area contributed by atoms with Crippen molar-refractivity contribution in [3.63, 3.8) is 0 Å². The van der Waals surface area contributed by atoms with Crippen LogP contribution < -0.4 is 4.74 Å². The lowest BCUT2D eigenvalue weighted by Crippen LogP contribution is -2.15. The van der Waals surface area contributed by atoms with Gasteiger partial charge in [0.05, 0.1) is 36.4 Å². The third-order valence-corrected chi connectivity index (χ3v) is 7.25. The van der Waals surface area contributed by atoms with Crippen LogP contribution in [0.5, 0.6) is 11.6 Å². The van der Waals surface area contributed by atoms with E-state index in [9.17, 15) is 8.42 Å². The molecule has 176 valence electrons. The van der Waals surface area contributed by atoms with Gasteiger partial charge in [0.25, 0.3) is 10.0 Å². The normalized spacial score (nSPS) is 17.3. The van der Waals surface area contributed by atoms with Crippen molar-refractivity contribution in [2.45, 2.75) is 37.6 Å². The molecular formula is C24H25N5O4S. The molecule has 0 N–H and O–H groups in total.